The summed E-state index contributed by atoms with van der Waals surface area (Å²) in [5, 5.41) is 10.3. The molecule has 202 valence electrons. The molecule has 1 saturated heterocycles. The molecule has 0 radical (unpaired) electrons. The van der Waals surface area contributed by atoms with Gasteiger partial charge in [0.05, 0.1) is 11.3 Å². The van der Waals surface area contributed by atoms with Crippen LogP contribution in [0.25, 0.3) is 11.3 Å². The molecule has 0 unspecified atom stereocenters. The molecule has 2 aromatic heterocycles. The summed E-state index contributed by atoms with van der Waals surface area (Å²) >= 11 is 0. The Labute approximate surface area is 228 Å². The number of halogens is 1. The lowest BCUT2D eigenvalue weighted by Gasteiger charge is -2.39. The zero-order valence-electron chi connectivity index (χ0n) is 22.7. The highest BCUT2D eigenvalue weighted by molar-refractivity contribution is 5.74. The lowest BCUT2D eigenvalue weighted by molar-refractivity contribution is 0.0240. The highest BCUT2D eigenvalue weighted by Gasteiger charge is 2.31. The smallest absolute Gasteiger partial charge is 0.410 e. The van der Waals surface area contributed by atoms with Gasteiger partial charge in [0.25, 0.3) is 0 Å². The maximum Gasteiger partial charge on any atom is 0.410 e. The number of anilines is 1. The van der Waals surface area contributed by atoms with E-state index in [0.717, 1.165) is 36.5 Å². The fraction of sp³-hybridized carbons (Fsp3) is 0.400. The third-order valence-electron chi connectivity index (χ3n) is 7.04. The number of piperazine rings is 1. The highest BCUT2D eigenvalue weighted by Crippen LogP contribution is 2.36. The average Bonchev–Trinajstić information content (AvgIpc) is 2.92. The van der Waals surface area contributed by atoms with Crippen LogP contribution in [-0.4, -0.2) is 64.2 Å². The summed E-state index contributed by atoms with van der Waals surface area (Å²) in [6.45, 7) is 9.97. The number of nitriles is 1. The first-order valence-electron chi connectivity index (χ1n) is 13.3. The standard InChI is InChI=1S/C30H33FN6O2/c1-30(2,3)39-29(38)37-15-13-36(14-16-37)28-23-10-12-35(19-21-7-5-4-6-8-21)20-25(23)24(18-32)27(34-28)22-9-11-33-26(31)17-22/h4-9,11,17H,10,12-16,19-20H2,1-3H3. The second-order valence-corrected chi connectivity index (χ2v) is 11.0. The summed E-state index contributed by atoms with van der Waals surface area (Å²) in [5.41, 5.74) is 4.11. The molecule has 39 heavy (non-hydrogen) atoms. The molecule has 0 saturated carbocycles. The lowest BCUT2D eigenvalue weighted by Crippen LogP contribution is -2.50. The first-order valence-corrected chi connectivity index (χ1v) is 13.3. The van der Waals surface area contributed by atoms with E-state index in [0.29, 0.717) is 49.5 Å². The molecule has 0 bridgehead atoms. The molecule has 0 spiro atoms. The molecule has 9 heteroatoms. The van der Waals surface area contributed by atoms with Crippen LogP contribution >= 0.6 is 0 Å². The maximum atomic E-state index is 14.1. The fourth-order valence-corrected chi connectivity index (χ4v) is 5.21. The minimum atomic E-state index is -0.617. The first kappa shape index (κ1) is 26.6. The van der Waals surface area contributed by atoms with E-state index >= 15 is 0 Å². The lowest BCUT2D eigenvalue weighted by atomic mass is 9.92. The second-order valence-electron chi connectivity index (χ2n) is 11.0. The predicted molar refractivity (Wildman–Crippen MR) is 146 cm³/mol. The van der Waals surface area contributed by atoms with Crippen molar-refractivity contribution in [2.24, 2.45) is 0 Å². The van der Waals surface area contributed by atoms with Crippen molar-refractivity contribution in [1.82, 2.24) is 19.8 Å². The monoisotopic (exact) mass is 528 g/mol. The number of hydrogen-bond acceptors (Lipinski definition) is 7. The van der Waals surface area contributed by atoms with Crippen molar-refractivity contribution in [3.8, 4) is 17.3 Å². The number of pyridine rings is 2. The number of amides is 1. The van der Waals surface area contributed by atoms with Crippen LogP contribution < -0.4 is 4.90 Å². The number of fused-ring (bicyclic) bond motifs is 1. The molecule has 1 fully saturated rings. The van der Waals surface area contributed by atoms with Gasteiger partial charge in [-0.2, -0.15) is 9.65 Å². The van der Waals surface area contributed by atoms with E-state index < -0.39 is 11.5 Å². The fourth-order valence-electron chi connectivity index (χ4n) is 5.21. The van der Waals surface area contributed by atoms with Crippen LogP contribution in [0, 0.1) is 17.3 Å². The largest absolute Gasteiger partial charge is 0.444 e. The van der Waals surface area contributed by atoms with Gasteiger partial charge in [0.1, 0.15) is 17.5 Å². The number of hydrogen-bond donors (Lipinski definition) is 0. The molecule has 2 aliphatic heterocycles. The van der Waals surface area contributed by atoms with Crippen molar-refractivity contribution in [2.45, 2.75) is 45.9 Å². The Morgan fingerprint density at radius 1 is 1.08 bits per heavy atom. The number of aromatic nitrogens is 2. The summed E-state index contributed by atoms with van der Waals surface area (Å²) in [6.07, 6.45) is 1.83. The van der Waals surface area contributed by atoms with E-state index in [-0.39, 0.29) is 6.09 Å². The SMILES string of the molecule is CC(C)(C)OC(=O)N1CCN(c2nc(-c3ccnc(F)c3)c(C#N)c3c2CCN(Cc2ccccc2)C3)CC1. The minimum absolute atomic E-state index is 0.318. The van der Waals surface area contributed by atoms with E-state index in [1.807, 2.05) is 39.0 Å². The van der Waals surface area contributed by atoms with Crippen LogP contribution in [0.1, 0.15) is 43.0 Å². The van der Waals surface area contributed by atoms with Gasteiger partial charge in [0.15, 0.2) is 0 Å². The van der Waals surface area contributed by atoms with Crippen molar-refractivity contribution < 1.29 is 13.9 Å². The van der Waals surface area contributed by atoms with E-state index in [2.05, 4.69) is 33.0 Å². The van der Waals surface area contributed by atoms with Crippen LogP contribution in [0.5, 0.6) is 0 Å². The van der Waals surface area contributed by atoms with Crippen molar-refractivity contribution >= 4 is 11.9 Å². The van der Waals surface area contributed by atoms with E-state index in [1.54, 1.807) is 11.0 Å². The minimum Gasteiger partial charge on any atom is -0.444 e. The number of carbonyl (C=O) groups is 1. The van der Waals surface area contributed by atoms with Gasteiger partial charge in [-0.1, -0.05) is 30.3 Å². The summed E-state index contributed by atoms with van der Waals surface area (Å²) < 4.78 is 19.7. The maximum absolute atomic E-state index is 14.1. The third kappa shape index (κ3) is 6.02. The number of ether oxygens (including phenoxy) is 1. The van der Waals surface area contributed by atoms with Crippen LogP contribution in [0.3, 0.4) is 0 Å². The topological polar surface area (TPSA) is 85.6 Å². The van der Waals surface area contributed by atoms with Crippen LogP contribution in [-0.2, 0) is 24.2 Å². The normalized spacial score (nSPS) is 16.0. The number of rotatable bonds is 4. The van der Waals surface area contributed by atoms with Gasteiger partial charge in [0, 0.05) is 69.2 Å². The molecule has 2 aliphatic rings. The molecule has 0 aliphatic carbocycles. The zero-order chi connectivity index (χ0) is 27.6. The summed E-state index contributed by atoms with van der Waals surface area (Å²) in [6, 6.07) is 15.7. The molecular formula is C30H33FN6O2. The van der Waals surface area contributed by atoms with Crippen molar-refractivity contribution in [1.29, 1.82) is 5.26 Å². The van der Waals surface area contributed by atoms with Gasteiger partial charge >= 0.3 is 6.09 Å². The summed E-state index contributed by atoms with van der Waals surface area (Å²) in [4.78, 5) is 27.5. The predicted octanol–water partition coefficient (Wildman–Crippen LogP) is 4.77. The molecule has 3 aromatic rings. The van der Waals surface area contributed by atoms with Gasteiger partial charge in [-0.25, -0.2) is 14.8 Å². The van der Waals surface area contributed by atoms with E-state index in [4.69, 9.17) is 9.72 Å². The molecular weight excluding hydrogens is 495 g/mol. The summed E-state index contributed by atoms with van der Waals surface area (Å²) in [7, 11) is 0. The van der Waals surface area contributed by atoms with Gasteiger partial charge in [-0.15, -0.1) is 0 Å². The number of nitrogens with zero attached hydrogens (tertiary/aromatic N) is 6. The quantitative estimate of drug-likeness (QED) is 0.451. The van der Waals surface area contributed by atoms with Crippen LogP contribution in [0.4, 0.5) is 15.0 Å². The Bertz CT molecular complexity index is 1390. The number of benzene rings is 1. The van der Waals surface area contributed by atoms with Crippen molar-refractivity contribution in [3.63, 3.8) is 0 Å². The van der Waals surface area contributed by atoms with Crippen LogP contribution in [0.15, 0.2) is 48.7 Å². The van der Waals surface area contributed by atoms with Crippen LogP contribution in [0.2, 0.25) is 0 Å². The molecule has 8 nitrogen and oxygen atoms in total. The number of carbonyl (C=O) groups excluding carboxylic acids is 1. The Kier molecular flexibility index (Phi) is 7.49. The van der Waals surface area contributed by atoms with Gasteiger partial charge in [-0.3, -0.25) is 4.90 Å². The second kappa shape index (κ2) is 11.0. The van der Waals surface area contributed by atoms with E-state index in [9.17, 15) is 14.4 Å². The van der Waals surface area contributed by atoms with Gasteiger partial charge in [-0.05, 0) is 44.4 Å². The van der Waals surface area contributed by atoms with Crippen molar-refractivity contribution in [2.75, 3.05) is 37.6 Å². The third-order valence-corrected chi connectivity index (χ3v) is 7.04. The van der Waals surface area contributed by atoms with E-state index in [1.165, 1.54) is 17.8 Å². The van der Waals surface area contributed by atoms with Gasteiger partial charge < -0.3 is 14.5 Å². The Morgan fingerprint density at radius 2 is 1.82 bits per heavy atom. The average molecular weight is 529 g/mol. The van der Waals surface area contributed by atoms with Gasteiger partial charge in [0.2, 0.25) is 5.95 Å². The first-order chi connectivity index (χ1) is 18.7. The molecule has 1 amide bonds. The Hall–Kier alpha value is -4.03. The molecule has 0 N–H and O–H groups in total. The van der Waals surface area contributed by atoms with Crippen molar-refractivity contribution in [3.05, 3.63) is 76.9 Å². The molecule has 5 rings (SSSR count). The summed E-state index contributed by atoms with van der Waals surface area (Å²) in [5.74, 6) is 0.188. The molecule has 4 heterocycles. The molecule has 0 atom stereocenters. The highest BCUT2D eigenvalue weighted by atomic mass is 19.1. The zero-order valence-corrected chi connectivity index (χ0v) is 22.7. The Balaban J connectivity index is 1.49. The molecule has 1 aromatic carbocycles. The Morgan fingerprint density at radius 3 is 2.49 bits per heavy atom.